The number of terminal acetylenes is 1. The summed E-state index contributed by atoms with van der Waals surface area (Å²) in [7, 11) is -3.91. The zero-order valence-electron chi connectivity index (χ0n) is 17.7. The first-order valence-corrected chi connectivity index (χ1v) is 12.8. The zero-order valence-corrected chi connectivity index (χ0v) is 19.3. The topological polar surface area (TPSA) is 64.6 Å². The Morgan fingerprint density at radius 3 is 2.52 bits per heavy atom. The molecule has 0 spiro atoms. The summed E-state index contributed by atoms with van der Waals surface area (Å²) in [6.45, 7) is 1.01. The van der Waals surface area contributed by atoms with Crippen molar-refractivity contribution in [2.24, 2.45) is 0 Å². The SMILES string of the molecule is C#Cc1ccccc1C(NS(=O)(=O)c1ccc2c(c1)OCCCO2)c1cc2ccccc2s1. The van der Waals surface area contributed by atoms with Gasteiger partial charge in [0.2, 0.25) is 10.0 Å². The van der Waals surface area contributed by atoms with Crippen LogP contribution >= 0.6 is 11.3 Å². The highest BCUT2D eigenvalue weighted by molar-refractivity contribution is 7.89. The number of hydrogen-bond donors (Lipinski definition) is 1. The summed E-state index contributed by atoms with van der Waals surface area (Å²) in [6.07, 6.45) is 6.50. The lowest BCUT2D eigenvalue weighted by molar-refractivity contribution is 0.297. The number of rotatable bonds is 5. The molecular weight excluding hydrogens is 454 g/mol. The van der Waals surface area contributed by atoms with Gasteiger partial charge in [-0.05, 0) is 41.3 Å². The Labute approximate surface area is 197 Å². The van der Waals surface area contributed by atoms with Crippen LogP contribution in [-0.2, 0) is 10.0 Å². The first kappa shape index (κ1) is 21.5. The highest BCUT2D eigenvalue weighted by atomic mass is 32.2. The maximum atomic E-state index is 13.5. The van der Waals surface area contributed by atoms with Crippen LogP contribution in [0.15, 0.2) is 77.7 Å². The Kier molecular flexibility index (Phi) is 5.81. The summed E-state index contributed by atoms with van der Waals surface area (Å²) in [5.41, 5.74) is 1.37. The predicted molar refractivity (Wildman–Crippen MR) is 130 cm³/mol. The van der Waals surface area contributed by atoms with Gasteiger partial charge >= 0.3 is 0 Å². The summed E-state index contributed by atoms with van der Waals surface area (Å²) in [5, 5.41) is 1.05. The highest BCUT2D eigenvalue weighted by Gasteiger charge is 2.27. The summed E-state index contributed by atoms with van der Waals surface area (Å²) in [4.78, 5) is 0.966. The molecule has 0 bridgehead atoms. The Bertz CT molecular complexity index is 1430. The third kappa shape index (κ3) is 4.33. The fourth-order valence-corrected chi connectivity index (χ4v) is 6.25. The van der Waals surface area contributed by atoms with Crippen molar-refractivity contribution in [2.45, 2.75) is 17.4 Å². The third-order valence-electron chi connectivity index (χ3n) is 5.46. The number of nitrogens with one attached hydrogen (secondary N) is 1. The molecule has 1 unspecified atom stereocenters. The molecule has 0 amide bonds. The van der Waals surface area contributed by atoms with Crippen LogP contribution in [0, 0.1) is 12.3 Å². The van der Waals surface area contributed by atoms with Gasteiger partial charge in [0.25, 0.3) is 0 Å². The monoisotopic (exact) mass is 475 g/mol. The fraction of sp³-hybridized carbons (Fsp3) is 0.154. The molecule has 0 fully saturated rings. The molecule has 33 heavy (non-hydrogen) atoms. The Hall–Kier alpha value is -3.31. The van der Waals surface area contributed by atoms with Crippen LogP contribution in [0.2, 0.25) is 0 Å². The van der Waals surface area contributed by atoms with Crippen molar-refractivity contribution >= 4 is 31.4 Å². The second-order valence-electron chi connectivity index (χ2n) is 7.63. The summed E-state index contributed by atoms with van der Waals surface area (Å²) < 4.78 is 42.3. The van der Waals surface area contributed by atoms with Gasteiger partial charge in [-0.3, -0.25) is 0 Å². The minimum atomic E-state index is -3.91. The maximum Gasteiger partial charge on any atom is 0.241 e. The van der Waals surface area contributed by atoms with Crippen LogP contribution in [-0.4, -0.2) is 21.6 Å². The molecule has 1 aliphatic rings. The first-order valence-electron chi connectivity index (χ1n) is 10.5. The average Bonchev–Trinajstić information content (AvgIpc) is 3.12. The van der Waals surface area contributed by atoms with Crippen LogP contribution in [0.5, 0.6) is 11.5 Å². The standard InChI is InChI=1S/C26H21NO4S2/c1-2-18-8-3-5-10-21(18)26(25-16-19-9-4-6-11-24(19)32-25)27-33(28,29)20-12-13-22-23(17-20)31-15-7-14-30-22/h1,3-6,8-13,16-17,26-27H,7,14-15H2. The van der Waals surface area contributed by atoms with Gasteiger partial charge in [-0.2, -0.15) is 4.72 Å². The van der Waals surface area contributed by atoms with E-state index in [0.717, 1.165) is 26.9 Å². The van der Waals surface area contributed by atoms with E-state index in [4.69, 9.17) is 15.9 Å². The van der Waals surface area contributed by atoms with Gasteiger partial charge < -0.3 is 9.47 Å². The first-order chi connectivity index (χ1) is 16.0. The van der Waals surface area contributed by atoms with E-state index in [9.17, 15) is 8.42 Å². The van der Waals surface area contributed by atoms with Crippen molar-refractivity contribution in [3.63, 3.8) is 0 Å². The lowest BCUT2D eigenvalue weighted by Gasteiger charge is -2.20. The second kappa shape index (κ2) is 8.91. The van der Waals surface area contributed by atoms with E-state index in [1.165, 1.54) is 12.1 Å². The van der Waals surface area contributed by atoms with Crippen molar-refractivity contribution in [1.29, 1.82) is 0 Å². The van der Waals surface area contributed by atoms with Gasteiger partial charge in [0.15, 0.2) is 11.5 Å². The van der Waals surface area contributed by atoms with Crippen LogP contribution in [0.1, 0.15) is 28.5 Å². The normalized spacial score (nSPS) is 14.4. The van der Waals surface area contributed by atoms with Crippen LogP contribution in [0.4, 0.5) is 0 Å². The van der Waals surface area contributed by atoms with Crippen LogP contribution in [0.25, 0.3) is 10.1 Å². The van der Waals surface area contributed by atoms with Crippen molar-refractivity contribution < 1.29 is 17.9 Å². The molecule has 7 heteroatoms. The van der Waals surface area contributed by atoms with Crippen molar-refractivity contribution in [3.8, 4) is 23.8 Å². The molecule has 4 aromatic rings. The molecule has 0 saturated carbocycles. The van der Waals surface area contributed by atoms with Crippen LogP contribution in [0.3, 0.4) is 0 Å². The number of hydrogen-bond acceptors (Lipinski definition) is 5. The molecule has 0 saturated heterocycles. The molecule has 1 N–H and O–H groups in total. The molecule has 0 aliphatic carbocycles. The minimum absolute atomic E-state index is 0.107. The quantitative estimate of drug-likeness (QED) is 0.408. The second-order valence-corrected chi connectivity index (χ2v) is 10.5. The Morgan fingerprint density at radius 1 is 0.939 bits per heavy atom. The van der Waals surface area contributed by atoms with E-state index in [0.29, 0.717) is 30.3 Å². The Morgan fingerprint density at radius 2 is 1.70 bits per heavy atom. The molecule has 0 radical (unpaired) electrons. The van der Waals surface area contributed by atoms with Crippen LogP contribution < -0.4 is 14.2 Å². The molecule has 1 atom stereocenters. The molecular formula is C26H21NO4S2. The largest absolute Gasteiger partial charge is 0.490 e. The average molecular weight is 476 g/mol. The number of thiophene rings is 1. The number of benzene rings is 3. The molecule has 5 nitrogen and oxygen atoms in total. The minimum Gasteiger partial charge on any atom is -0.490 e. The third-order valence-corrected chi connectivity index (χ3v) is 8.06. The summed E-state index contributed by atoms with van der Waals surface area (Å²) >= 11 is 1.54. The number of sulfonamides is 1. The van der Waals surface area contributed by atoms with E-state index < -0.39 is 16.1 Å². The summed E-state index contributed by atoms with van der Waals surface area (Å²) in [6, 6.07) is 21.4. The molecule has 1 aliphatic heterocycles. The van der Waals surface area contributed by atoms with Gasteiger partial charge in [-0.25, -0.2) is 8.42 Å². The predicted octanol–water partition coefficient (Wildman–Crippen LogP) is 5.11. The van der Waals surface area contributed by atoms with Gasteiger partial charge in [-0.1, -0.05) is 42.3 Å². The van der Waals surface area contributed by atoms with E-state index >= 15 is 0 Å². The Balaban J connectivity index is 1.58. The lowest BCUT2D eigenvalue weighted by Crippen LogP contribution is -2.29. The van der Waals surface area contributed by atoms with E-state index in [1.54, 1.807) is 17.4 Å². The zero-order chi connectivity index (χ0) is 22.8. The van der Waals surface area contributed by atoms with Crippen molar-refractivity contribution in [3.05, 3.63) is 88.8 Å². The van der Waals surface area contributed by atoms with Crippen molar-refractivity contribution in [2.75, 3.05) is 13.2 Å². The lowest BCUT2D eigenvalue weighted by atomic mass is 10.00. The molecule has 1 aromatic heterocycles. The smallest absolute Gasteiger partial charge is 0.241 e. The van der Waals surface area contributed by atoms with E-state index in [2.05, 4.69) is 10.6 Å². The van der Waals surface area contributed by atoms with Crippen molar-refractivity contribution in [1.82, 2.24) is 4.72 Å². The molecule has 2 heterocycles. The number of ether oxygens (including phenoxy) is 2. The fourth-order valence-electron chi connectivity index (χ4n) is 3.83. The van der Waals surface area contributed by atoms with Gasteiger partial charge in [-0.15, -0.1) is 17.8 Å². The van der Waals surface area contributed by atoms with E-state index in [1.807, 2.05) is 54.6 Å². The number of fused-ring (bicyclic) bond motifs is 2. The molecule has 166 valence electrons. The maximum absolute atomic E-state index is 13.5. The highest BCUT2D eigenvalue weighted by Crippen LogP contribution is 2.36. The molecule has 5 rings (SSSR count). The van der Waals surface area contributed by atoms with E-state index in [-0.39, 0.29) is 4.90 Å². The van der Waals surface area contributed by atoms with Gasteiger partial charge in [0.05, 0.1) is 24.2 Å². The summed E-state index contributed by atoms with van der Waals surface area (Å²) in [5.74, 6) is 3.66. The van der Waals surface area contributed by atoms with Gasteiger partial charge in [0.1, 0.15) is 0 Å². The molecule has 3 aromatic carbocycles. The van der Waals surface area contributed by atoms with Gasteiger partial charge in [0, 0.05) is 27.6 Å².